The summed E-state index contributed by atoms with van der Waals surface area (Å²) in [5.41, 5.74) is 0.543. The lowest BCUT2D eigenvalue weighted by Gasteiger charge is -2.18. The van der Waals surface area contributed by atoms with Crippen LogP contribution in [-0.4, -0.2) is 18.5 Å². The Morgan fingerprint density at radius 1 is 1.30 bits per heavy atom. The molecule has 0 atom stereocenters. The predicted molar refractivity (Wildman–Crippen MR) is 71.9 cm³/mol. The highest BCUT2D eigenvalue weighted by molar-refractivity contribution is 9.10. The van der Waals surface area contributed by atoms with E-state index in [1.54, 1.807) is 18.2 Å². The van der Waals surface area contributed by atoms with Gasteiger partial charge in [-0.05, 0) is 40.2 Å². The number of furan rings is 1. The Bertz CT molecular complexity index is 694. The maximum Gasteiger partial charge on any atom is 0.379 e. The number of halogens is 1. The van der Waals surface area contributed by atoms with E-state index in [4.69, 9.17) is 13.9 Å². The summed E-state index contributed by atoms with van der Waals surface area (Å²) in [6, 6.07) is 7.80. The second kappa shape index (κ2) is 5.01. The summed E-state index contributed by atoms with van der Waals surface area (Å²) in [6.45, 7) is -0.0600. The molecule has 0 unspecified atom stereocenters. The lowest BCUT2D eigenvalue weighted by Crippen LogP contribution is -2.25. The van der Waals surface area contributed by atoms with E-state index < -0.39 is 5.97 Å². The van der Waals surface area contributed by atoms with Gasteiger partial charge in [-0.25, -0.2) is 4.79 Å². The van der Waals surface area contributed by atoms with E-state index in [1.165, 1.54) is 12.1 Å². The first-order valence-electron chi connectivity index (χ1n) is 5.66. The van der Waals surface area contributed by atoms with E-state index in [9.17, 15) is 9.59 Å². The second-order valence-corrected chi connectivity index (χ2v) is 4.77. The number of amides is 1. The molecule has 1 aliphatic heterocycles. The van der Waals surface area contributed by atoms with Gasteiger partial charge in [0.25, 0.3) is 5.91 Å². The van der Waals surface area contributed by atoms with Gasteiger partial charge in [0.15, 0.2) is 11.3 Å². The first-order chi connectivity index (χ1) is 9.61. The van der Waals surface area contributed by atoms with Gasteiger partial charge < -0.3 is 19.2 Å². The van der Waals surface area contributed by atoms with Gasteiger partial charge >= 0.3 is 5.97 Å². The Hall–Kier alpha value is -2.28. The van der Waals surface area contributed by atoms with Gasteiger partial charge in [0.2, 0.25) is 5.76 Å². The van der Waals surface area contributed by atoms with E-state index in [0.717, 1.165) is 0 Å². The molecule has 1 aromatic heterocycles. The van der Waals surface area contributed by atoms with Crippen molar-refractivity contribution in [3.8, 4) is 11.5 Å². The molecule has 20 heavy (non-hydrogen) atoms. The van der Waals surface area contributed by atoms with Crippen LogP contribution in [0.2, 0.25) is 0 Å². The number of fused-ring (bicyclic) bond motifs is 1. The molecule has 1 amide bonds. The molecule has 7 heteroatoms. The number of nitrogens with one attached hydrogen (secondary N) is 1. The lowest BCUT2D eigenvalue weighted by molar-refractivity contribution is -0.118. The van der Waals surface area contributed by atoms with Crippen LogP contribution in [0.25, 0.3) is 0 Å². The number of carbonyl (C=O) groups excluding carboxylic acids is 2. The molecule has 6 nitrogen and oxygen atoms in total. The Balaban J connectivity index is 1.78. The zero-order valence-corrected chi connectivity index (χ0v) is 11.6. The summed E-state index contributed by atoms with van der Waals surface area (Å²) < 4.78 is 15.9. The average Bonchev–Trinajstić information content (AvgIpc) is 2.86. The van der Waals surface area contributed by atoms with E-state index in [0.29, 0.717) is 21.9 Å². The SMILES string of the molecule is O=C1COc2cc(OC(=O)c3ccc(Br)o3)ccc2N1. The number of benzene rings is 1. The van der Waals surface area contributed by atoms with Crippen molar-refractivity contribution in [3.63, 3.8) is 0 Å². The summed E-state index contributed by atoms with van der Waals surface area (Å²) in [5.74, 6) is 0.00920. The number of esters is 1. The zero-order chi connectivity index (χ0) is 14.1. The summed E-state index contributed by atoms with van der Waals surface area (Å²) in [6.07, 6.45) is 0. The average molecular weight is 338 g/mol. The van der Waals surface area contributed by atoms with Gasteiger partial charge in [-0.2, -0.15) is 0 Å². The first-order valence-corrected chi connectivity index (χ1v) is 6.45. The Labute approximate surface area is 121 Å². The molecular formula is C13H8BrNO5. The van der Waals surface area contributed by atoms with Crippen molar-refractivity contribution < 1.29 is 23.5 Å². The minimum Gasteiger partial charge on any atom is -0.481 e. The third-order valence-electron chi connectivity index (χ3n) is 2.57. The molecule has 1 aromatic carbocycles. The van der Waals surface area contributed by atoms with Crippen molar-refractivity contribution in [1.82, 2.24) is 0 Å². The summed E-state index contributed by atoms with van der Waals surface area (Å²) in [5, 5.41) is 2.65. The molecule has 0 radical (unpaired) electrons. The molecule has 1 aliphatic rings. The predicted octanol–water partition coefficient (Wildman–Crippen LogP) is 2.59. The minimum absolute atomic E-state index is 0.0600. The van der Waals surface area contributed by atoms with Crippen molar-refractivity contribution >= 4 is 33.5 Å². The maximum absolute atomic E-state index is 11.8. The molecule has 0 fully saturated rings. The van der Waals surface area contributed by atoms with E-state index in [1.807, 2.05) is 0 Å². The first kappa shape index (κ1) is 12.7. The molecule has 0 saturated heterocycles. The Morgan fingerprint density at radius 2 is 2.15 bits per heavy atom. The minimum atomic E-state index is -0.615. The molecule has 102 valence electrons. The fourth-order valence-corrected chi connectivity index (χ4v) is 2.01. The van der Waals surface area contributed by atoms with Gasteiger partial charge in [0.05, 0.1) is 5.69 Å². The van der Waals surface area contributed by atoms with Gasteiger partial charge in [-0.1, -0.05) is 0 Å². The van der Waals surface area contributed by atoms with Crippen LogP contribution in [0.4, 0.5) is 5.69 Å². The standard InChI is InChI=1S/C13H8BrNO5/c14-11-4-3-9(20-11)13(17)19-7-1-2-8-10(5-7)18-6-12(16)15-8/h1-5H,6H2,(H,15,16). The molecule has 0 saturated carbocycles. The van der Waals surface area contributed by atoms with Crippen LogP contribution in [0.1, 0.15) is 10.6 Å². The van der Waals surface area contributed by atoms with E-state index in [-0.39, 0.29) is 18.3 Å². The number of hydrogen-bond donors (Lipinski definition) is 1. The van der Waals surface area contributed by atoms with Crippen LogP contribution in [0, 0.1) is 0 Å². The third-order valence-corrected chi connectivity index (χ3v) is 3.00. The fourth-order valence-electron chi connectivity index (χ4n) is 1.70. The maximum atomic E-state index is 11.8. The topological polar surface area (TPSA) is 77.8 Å². The largest absolute Gasteiger partial charge is 0.481 e. The van der Waals surface area contributed by atoms with Gasteiger partial charge in [-0.3, -0.25) is 4.79 Å². The van der Waals surface area contributed by atoms with E-state index >= 15 is 0 Å². The van der Waals surface area contributed by atoms with Crippen molar-refractivity contribution in [2.75, 3.05) is 11.9 Å². The molecular weight excluding hydrogens is 330 g/mol. The van der Waals surface area contributed by atoms with Crippen molar-refractivity contribution in [3.05, 3.63) is 40.8 Å². The highest BCUT2D eigenvalue weighted by Gasteiger charge is 2.18. The molecule has 1 N–H and O–H groups in total. The molecule has 0 spiro atoms. The Kier molecular flexibility index (Phi) is 3.19. The number of ether oxygens (including phenoxy) is 2. The molecule has 0 aliphatic carbocycles. The summed E-state index contributed by atoms with van der Waals surface area (Å²) in [7, 11) is 0. The third kappa shape index (κ3) is 2.53. The summed E-state index contributed by atoms with van der Waals surface area (Å²) in [4.78, 5) is 22.9. The van der Waals surface area contributed by atoms with Crippen molar-refractivity contribution in [2.24, 2.45) is 0 Å². The van der Waals surface area contributed by atoms with Gasteiger partial charge in [-0.15, -0.1) is 0 Å². The number of anilines is 1. The van der Waals surface area contributed by atoms with Crippen LogP contribution < -0.4 is 14.8 Å². The zero-order valence-electron chi connectivity index (χ0n) is 10.0. The van der Waals surface area contributed by atoms with Crippen molar-refractivity contribution in [2.45, 2.75) is 0 Å². The highest BCUT2D eigenvalue weighted by Crippen LogP contribution is 2.32. The lowest BCUT2D eigenvalue weighted by atomic mass is 10.2. The second-order valence-electron chi connectivity index (χ2n) is 3.99. The fraction of sp³-hybridized carbons (Fsp3) is 0.0769. The molecule has 2 heterocycles. The molecule has 3 rings (SSSR count). The van der Waals surface area contributed by atoms with Crippen LogP contribution in [0.3, 0.4) is 0 Å². The van der Waals surface area contributed by atoms with Crippen LogP contribution >= 0.6 is 15.9 Å². The smallest absolute Gasteiger partial charge is 0.379 e. The number of carbonyl (C=O) groups is 2. The number of hydrogen-bond acceptors (Lipinski definition) is 5. The van der Waals surface area contributed by atoms with Crippen molar-refractivity contribution in [1.29, 1.82) is 0 Å². The van der Waals surface area contributed by atoms with Gasteiger partial charge in [0, 0.05) is 6.07 Å². The highest BCUT2D eigenvalue weighted by atomic mass is 79.9. The monoisotopic (exact) mass is 337 g/mol. The van der Waals surface area contributed by atoms with Crippen LogP contribution in [0.5, 0.6) is 11.5 Å². The normalized spacial score (nSPS) is 13.2. The summed E-state index contributed by atoms with van der Waals surface area (Å²) >= 11 is 3.11. The molecule has 0 bridgehead atoms. The Morgan fingerprint density at radius 3 is 2.90 bits per heavy atom. The van der Waals surface area contributed by atoms with Crippen LogP contribution in [0.15, 0.2) is 39.4 Å². The van der Waals surface area contributed by atoms with Crippen LogP contribution in [-0.2, 0) is 4.79 Å². The van der Waals surface area contributed by atoms with Gasteiger partial charge in [0.1, 0.15) is 11.5 Å². The quantitative estimate of drug-likeness (QED) is 0.673. The number of rotatable bonds is 2. The molecule has 2 aromatic rings. The van der Waals surface area contributed by atoms with E-state index in [2.05, 4.69) is 21.2 Å².